The van der Waals surface area contributed by atoms with Gasteiger partial charge < -0.3 is 4.74 Å². The molecule has 17 heavy (non-hydrogen) atoms. The van der Waals surface area contributed by atoms with E-state index in [4.69, 9.17) is 34.8 Å². The summed E-state index contributed by atoms with van der Waals surface area (Å²) in [7, 11) is 0. The van der Waals surface area contributed by atoms with Crippen LogP contribution in [0.15, 0.2) is 18.2 Å². The van der Waals surface area contributed by atoms with Gasteiger partial charge in [-0.1, -0.05) is 23.2 Å². The number of hydrogen-bond acceptors (Lipinski definition) is 3. The van der Waals surface area contributed by atoms with Crippen molar-refractivity contribution in [2.24, 2.45) is 0 Å². The molecule has 0 radical (unpaired) electrons. The number of ether oxygens (including phenoxy) is 1. The second-order valence-corrected chi connectivity index (χ2v) is 4.38. The minimum Gasteiger partial charge on any atom is -0.465 e. The fourth-order valence-electron chi connectivity index (χ4n) is 1.15. The Morgan fingerprint density at radius 1 is 1.35 bits per heavy atom. The largest absolute Gasteiger partial charge is 0.465 e. The number of hydrogen-bond donors (Lipinski definition) is 0. The Labute approximate surface area is 114 Å². The summed E-state index contributed by atoms with van der Waals surface area (Å²) in [6.07, 6.45) is 0. The average molecular weight is 296 g/mol. The number of ketones is 1. The Balaban J connectivity index is 2.92. The number of carbonyl (C=O) groups excluding carboxylic acids is 2. The molecule has 1 aromatic rings. The first-order chi connectivity index (χ1) is 7.97. The SMILES string of the molecule is CCOC(=O)C(Cl)C(=O)c1ccc(Cl)cc1Cl. The van der Waals surface area contributed by atoms with E-state index in [9.17, 15) is 9.59 Å². The molecule has 0 aliphatic carbocycles. The highest BCUT2D eigenvalue weighted by atomic mass is 35.5. The van der Waals surface area contributed by atoms with Gasteiger partial charge in [-0.05, 0) is 25.1 Å². The molecule has 0 saturated heterocycles. The van der Waals surface area contributed by atoms with Crippen LogP contribution in [0, 0.1) is 0 Å². The maximum absolute atomic E-state index is 11.8. The molecule has 3 nitrogen and oxygen atoms in total. The van der Waals surface area contributed by atoms with Crippen molar-refractivity contribution in [2.75, 3.05) is 6.61 Å². The molecule has 0 aliphatic heterocycles. The summed E-state index contributed by atoms with van der Waals surface area (Å²) in [5.74, 6) is -1.39. The number of halogens is 3. The Kier molecular flexibility index (Phi) is 5.25. The van der Waals surface area contributed by atoms with Gasteiger partial charge in [-0.2, -0.15) is 0 Å². The molecule has 1 aromatic carbocycles. The first-order valence-corrected chi connectivity index (χ1v) is 5.96. The molecule has 0 fully saturated rings. The van der Waals surface area contributed by atoms with Crippen molar-refractivity contribution in [2.45, 2.75) is 12.3 Å². The number of alkyl halides is 1. The Morgan fingerprint density at radius 2 is 2.00 bits per heavy atom. The molecule has 0 N–H and O–H groups in total. The van der Waals surface area contributed by atoms with Crippen LogP contribution in [0.5, 0.6) is 0 Å². The van der Waals surface area contributed by atoms with Gasteiger partial charge in [0.2, 0.25) is 0 Å². The number of esters is 1. The normalized spacial score (nSPS) is 12.0. The molecule has 0 aromatic heterocycles. The van der Waals surface area contributed by atoms with Gasteiger partial charge in [-0.25, -0.2) is 4.79 Å². The number of benzene rings is 1. The van der Waals surface area contributed by atoms with E-state index in [1.807, 2.05) is 0 Å². The van der Waals surface area contributed by atoms with Crippen LogP contribution >= 0.6 is 34.8 Å². The van der Waals surface area contributed by atoms with Crippen molar-refractivity contribution < 1.29 is 14.3 Å². The van der Waals surface area contributed by atoms with Crippen LogP contribution in [0.4, 0.5) is 0 Å². The van der Waals surface area contributed by atoms with E-state index >= 15 is 0 Å². The van der Waals surface area contributed by atoms with E-state index < -0.39 is 17.1 Å². The van der Waals surface area contributed by atoms with Gasteiger partial charge in [-0.3, -0.25) is 4.79 Å². The third-order valence-corrected chi connectivity index (χ3v) is 2.84. The van der Waals surface area contributed by atoms with Gasteiger partial charge in [0, 0.05) is 10.6 Å². The molecule has 0 amide bonds. The molecule has 1 unspecified atom stereocenters. The lowest BCUT2D eigenvalue weighted by Gasteiger charge is -2.09. The fourth-order valence-corrected chi connectivity index (χ4v) is 1.83. The van der Waals surface area contributed by atoms with E-state index in [0.29, 0.717) is 5.02 Å². The van der Waals surface area contributed by atoms with Crippen LogP contribution in [0.1, 0.15) is 17.3 Å². The lowest BCUT2D eigenvalue weighted by Crippen LogP contribution is -2.27. The molecular formula is C11H9Cl3O3. The molecule has 92 valence electrons. The molecule has 0 aliphatic rings. The van der Waals surface area contributed by atoms with E-state index in [0.717, 1.165) is 0 Å². The predicted molar refractivity (Wildman–Crippen MR) is 67.1 cm³/mol. The Bertz CT molecular complexity index is 446. The van der Waals surface area contributed by atoms with E-state index in [1.165, 1.54) is 18.2 Å². The quantitative estimate of drug-likeness (QED) is 0.370. The summed E-state index contributed by atoms with van der Waals surface area (Å²) < 4.78 is 4.65. The molecule has 0 saturated carbocycles. The summed E-state index contributed by atoms with van der Waals surface area (Å²) in [5.41, 5.74) is 0.143. The number of carbonyl (C=O) groups is 2. The third kappa shape index (κ3) is 3.60. The highest BCUT2D eigenvalue weighted by molar-refractivity contribution is 6.45. The number of Topliss-reactive ketones (excluding diaryl/α,β-unsaturated/α-hetero) is 1. The minimum atomic E-state index is -1.39. The molecule has 6 heteroatoms. The fraction of sp³-hybridized carbons (Fsp3) is 0.273. The van der Waals surface area contributed by atoms with Crippen molar-refractivity contribution in [1.82, 2.24) is 0 Å². The van der Waals surface area contributed by atoms with Crippen LogP contribution < -0.4 is 0 Å². The van der Waals surface area contributed by atoms with E-state index in [1.54, 1.807) is 6.92 Å². The summed E-state index contributed by atoms with van der Waals surface area (Å²) in [6, 6.07) is 4.32. The molecule has 1 atom stereocenters. The highest BCUT2D eigenvalue weighted by Crippen LogP contribution is 2.23. The first-order valence-electron chi connectivity index (χ1n) is 4.77. The van der Waals surface area contributed by atoms with Crippen molar-refractivity contribution in [3.05, 3.63) is 33.8 Å². The van der Waals surface area contributed by atoms with Crippen LogP contribution in [0.2, 0.25) is 10.0 Å². The number of rotatable bonds is 4. The third-order valence-electron chi connectivity index (χ3n) is 1.92. The van der Waals surface area contributed by atoms with Crippen LogP contribution in [0.25, 0.3) is 0 Å². The maximum Gasteiger partial charge on any atom is 0.332 e. The molecular weight excluding hydrogens is 286 g/mol. The van der Waals surface area contributed by atoms with Gasteiger partial charge in [0.25, 0.3) is 0 Å². The van der Waals surface area contributed by atoms with Gasteiger partial charge in [0.15, 0.2) is 11.2 Å². The smallest absolute Gasteiger partial charge is 0.332 e. The Morgan fingerprint density at radius 3 is 2.53 bits per heavy atom. The molecule has 0 heterocycles. The van der Waals surface area contributed by atoms with E-state index in [-0.39, 0.29) is 17.2 Å². The van der Waals surface area contributed by atoms with Crippen LogP contribution in [-0.4, -0.2) is 23.7 Å². The van der Waals surface area contributed by atoms with Gasteiger partial charge in [0.1, 0.15) is 0 Å². The van der Waals surface area contributed by atoms with Crippen molar-refractivity contribution in [3.8, 4) is 0 Å². The molecule has 0 spiro atoms. The lowest BCUT2D eigenvalue weighted by molar-refractivity contribution is -0.141. The van der Waals surface area contributed by atoms with Crippen molar-refractivity contribution in [1.29, 1.82) is 0 Å². The van der Waals surface area contributed by atoms with Gasteiger partial charge >= 0.3 is 5.97 Å². The lowest BCUT2D eigenvalue weighted by atomic mass is 10.1. The second kappa shape index (κ2) is 6.24. The monoisotopic (exact) mass is 294 g/mol. The van der Waals surface area contributed by atoms with Crippen LogP contribution in [0.3, 0.4) is 0 Å². The molecule has 0 bridgehead atoms. The summed E-state index contributed by atoms with van der Waals surface area (Å²) in [5, 5.41) is -0.847. The summed E-state index contributed by atoms with van der Waals surface area (Å²) >= 11 is 17.2. The van der Waals surface area contributed by atoms with Crippen molar-refractivity contribution in [3.63, 3.8) is 0 Å². The predicted octanol–water partition coefficient (Wildman–Crippen LogP) is 3.35. The summed E-state index contributed by atoms with van der Waals surface area (Å²) in [4.78, 5) is 23.1. The zero-order chi connectivity index (χ0) is 13.0. The van der Waals surface area contributed by atoms with E-state index in [2.05, 4.69) is 4.74 Å². The Hall–Kier alpha value is -0.770. The minimum absolute atomic E-state index is 0.143. The topological polar surface area (TPSA) is 43.4 Å². The van der Waals surface area contributed by atoms with Crippen molar-refractivity contribution >= 4 is 46.6 Å². The van der Waals surface area contributed by atoms with Gasteiger partial charge in [-0.15, -0.1) is 11.6 Å². The highest BCUT2D eigenvalue weighted by Gasteiger charge is 2.27. The molecule has 1 rings (SSSR count). The zero-order valence-corrected chi connectivity index (χ0v) is 11.1. The maximum atomic E-state index is 11.8. The second-order valence-electron chi connectivity index (χ2n) is 3.10. The standard InChI is InChI=1S/C11H9Cl3O3/c1-2-17-11(16)9(14)10(15)7-4-3-6(12)5-8(7)13/h3-5,9H,2H2,1H3. The summed E-state index contributed by atoms with van der Waals surface area (Å²) in [6.45, 7) is 1.78. The first kappa shape index (κ1) is 14.3. The zero-order valence-electron chi connectivity index (χ0n) is 8.88. The van der Waals surface area contributed by atoms with Gasteiger partial charge in [0.05, 0.1) is 11.6 Å². The average Bonchev–Trinajstić information content (AvgIpc) is 2.27. The van der Waals surface area contributed by atoms with Crippen LogP contribution in [-0.2, 0) is 9.53 Å².